The Labute approximate surface area is 100 Å². The number of esters is 1. The minimum atomic E-state index is -0.500. The maximum Gasteiger partial charge on any atom is 0.323 e. The number of nitrogens with zero attached hydrogens (tertiary/aromatic N) is 1. The summed E-state index contributed by atoms with van der Waals surface area (Å²) in [6.07, 6.45) is 0.804. The van der Waals surface area contributed by atoms with Gasteiger partial charge >= 0.3 is 5.97 Å². The standard InChI is InChI=1S/C14H15NO2/c1-2-17-13(16)5(4-15)3-14-10-7-6-8(10)12(14)9(6)11(7)14/h5-12H,2-3H2,1H3. The van der Waals surface area contributed by atoms with E-state index in [9.17, 15) is 4.79 Å². The first-order chi connectivity index (χ1) is 8.27. The number of hydrogen-bond donors (Lipinski definition) is 0. The molecule has 6 fully saturated rings. The second-order valence-corrected chi connectivity index (χ2v) is 6.64. The van der Waals surface area contributed by atoms with Crippen LogP contribution in [-0.4, -0.2) is 12.6 Å². The van der Waals surface area contributed by atoms with E-state index < -0.39 is 5.92 Å². The smallest absolute Gasteiger partial charge is 0.323 e. The molecule has 1 unspecified atom stereocenters. The minimum absolute atomic E-state index is 0.288. The quantitative estimate of drug-likeness (QED) is 0.685. The fraction of sp³-hybridized carbons (Fsp3) is 0.857. The molecule has 0 aromatic carbocycles. The van der Waals surface area contributed by atoms with Gasteiger partial charge in [0.1, 0.15) is 5.92 Å². The van der Waals surface area contributed by atoms with Crippen LogP contribution in [0.4, 0.5) is 0 Å². The van der Waals surface area contributed by atoms with Gasteiger partial charge in [-0.25, -0.2) is 0 Å². The van der Waals surface area contributed by atoms with Crippen LogP contribution in [0, 0.1) is 64.1 Å². The zero-order chi connectivity index (χ0) is 11.5. The van der Waals surface area contributed by atoms with Crippen molar-refractivity contribution in [2.75, 3.05) is 6.61 Å². The summed E-state index contributed by atoms with van der Waals surface area (Å²) in [5.41, 5.74) is 0.446. The summed E-state index contributed by atoms with van der Waals surface area (Å²) >= 11 is 0. The molecule has 0 spiro atoms. The molecule has 0 radical (unpaired) electrons. The van der Waals surface area contributed by atoms with Gasteiger partial charge in [0.25, 0.3) is 0 Å². The van der Waals surface area contributed by atoms with Crippen LogP contribution >= 0.6 is 0 Å². The van der Waals surface area contributed by atoms with E-state index in [1.54, 1.807) is 6.92 Å². The molecule has 6 aliphatic carbocycles. The average Bonchev–Trinajstić information content (AvgIpc) is 2.36. The fourth-order valence-electron chi connectivity index (χ4n) is 6.86. The summed E-state index contributed by atoms with van der Waals surface area (Å²) in [6.45, 7) is 2.19. The molecule has 0 saturated heterocycles. The van der Waals surface area contributed by atoms with E-state index in [1.165, 1.54) is 0 Å². The zero-order valence-electron chi connectivity index (χ0n) is 9.80. The molecule has 1 atom stereocenters. The average molecular weight is 229 g/mol. The van der Waals surface area contributed by atoms with Gasteiger partial charge in [0.15, 0.2) is 0 Å². The highest BCUT2D eigenvalue weighted by molar-refractivity contribution is 5.75. The van der Waals surface area contributed by atoms with Gasteiger partial charge in [0, 0.05) is 0 Å². The van der Waals surface area contributed by atoms with Gasteiger partial charge in [0.05, 0.1) is 12.7 Å². The van der Waals surface area contributed by atoms with Crippen LogP contribution in [0.2, 0.25) is 0 Å². The van der Waals surface area contributed by atoms with Crippen molar-refractivity contribution in [3.63, 3.8) is 0 Å². The summed E-state index contributed by atoms with van der Waals surface area (Å²) in [5, 5.41) is 9.15. The van der Waals surface area contributed by atoms with Crippen LogP contribution in [-0.2, 0) is 9.53 Å². The van der Waals surface area contributed by atoms with E-state index >= 15 is 0 Å². The molecule has 0 aromatic rings. The topological polar surface area (TPSA) is 50.1 Å². The van der Waals surface area contributed by atoms with Crippen molar-refractivity contribution in [3.05, 3.63) is 0 Å². The largest absolute Gasteiger partial charge is 0.465 e. The third-order valence-corrected chi connectivity index (χ3v) is 6.97. The lowest BCUT2D eigenvalue weighted by atomic mass is 8.96. The van der Waals surface area contributed by atoms with Crippen molar-refractivity contribution in [2.45, 2.75) is 13.3 Å². The second kappa shape index (κ2) is 2.25. The fourth-order valence-corrected chi connectivity index (χ4v) is 6.86. The predicted octanol–water partition coefficient (Wildman–Crippen LogP) is 1.45. The number of hydrogen-bond acceptors (Lipinski definition) is 3. The molecule has 0 amide bonds. The molecule has 6 rings (SSSR count). The van der Waals surface area contributed by atoms with E-state index in [1.807, 2.05) is 0 Å². The first-order valence-electron chi connectivity index (χ1n) is 6.83. The first-order valence-corrected chi connectivity index (χ1v) is 6.83. The molecular weight excluding hydrogens is 214 g/mol. The molecular formula is C14H15NO2. The van der Waals surface area contributed by atoms with Crippen molar-refractivity contribution in [3.8, 4) is 6.07 Å². The van der Waals surface area contributed by atoms with Gasteiger partial charge < -0.3 is 4.74 Å². The van der Waals surface area contributed by atoms with E-state index in [-0.39, 0.29) is 5.97 Å². The van der Waals surface area contributed by atoms with Gasteiger partial charge in [-0.2, -0.15) is 5.26 Å². The highest BCUT2D eigenvalue weighted by Crippen LogP contribution is 3.06. The summed E-state index contributed by atoms with van der Waals surface area (Å²) in [4.78, 5) is 11.7. The molecule has 3 nitrogen and oxygen atoms in total. The Balaban J connectivity index is 1.36. The second-order valence-electron chi connectivity index (χ2n) is 6.64. The monoisotopic (exact) mass is 229 g/mol. The number of rotatable bonds is 4. The van der Waals surface area contributed by atoms with Crippen molar-refractivity contribution in [2.24, 2.45) is 52.8 Å². The van der Waals surface area contributed by atoms with Crippen LogP contribution in [0.1, 0.15) is 13.3 Å². The minimum Gasteiger partial charge on any atom is -0.465 e. The molecule has 17 heavy (non-hydrogen) atoms. The highest BCUT2D eigenvalue weighted by atomic mass is 16.5. The number of carbonyl (C=O) groups is 1. The molecule has 0 bridgehead atoms. The maximum atomic E-state index is 11.7. The maximum absolute atomic E-state index is 11.7. The van der Waals surface area contributed by atoms with Crippen molar-refractivity contribution < 1.29 is 9.53 Å². The van der Waals surface area contributed by atoms with Crippen molar-refractivity contribution in [1.29, 1.82) is 5.26 Å². The van der Waals surface area contributed by atoms with Gasteiger partial charge in [-0.3, -0.25) is 4.79 Å². The molecule has 6 aliphatic rings. The normalized spacial score (nSPS) is 62.5. The summed E-state index contributed by atoms with van der Waals surface area (Å²) in [7, 11) is 0. The highest BCUT2D eigenvalue weighted by Gasteiger charge is 3.03. The Kier molecular flexibility index (Phi) is 1.19. The molecule has 0 aromatic heterocycles. The van der Waals surface area contributed by atoms with E-state index in [4.69, 9.17) is 10.00 Å². The molecule has 0 N–H and O–H groups in total. The Hall–Kier alpha value is -1.04. The molecule has 88 valence electrons. The third kappa shape index (κ3) is 0.560. The Bertz CT molecular complexity index is 440. The van der Waals surface area contributed by atoms with Gasteiger partial charge in [-0.1, -0.05) is 0 Å². The lowest BCUT2D eigenvalue weighted by Crippen LogP contribution is -3.05. The van der Waals surface area contributed by atoms with Crippen molar-refractivity contribution >= 4 is 5.97 Å². The molecule has 3 heteroatoms. The molecule has 6 saturated carbocycles. The number of carbonyl (C=O) groups excluding carboxylic acids is 1. The van der Waals surface area contributed by atoms with Gasteiger partial charge in [-0.05, 0) is 60.2 Å². The molecule has 0 heterocycles. The van der Waals surface area contributed by atoms with Crippen LogP contribution in [0.25, 0.3) is 0 Å². The SMILES string of the molecule is CCOC(=O)C(C#N)CC12C3C4C5C3C1C5C42. The van der Waals surface area contributed by atoms with E-state index in [2.05, 4.69) is 6.07 Å². The Morgan fingerprint density at radius 2 is 1.88 bits per heavy atom. The van der Waals surface area contributed by atoms with E-state index in [0.717, 1.165) is 47.8 Å². The van der Waals surface area contributed by atoms with Crippen LogP contribution in [0.15, 0.2) is 0 Å². The van der Waals surface area contributed by atoms with Crippen LogP contribution in [0.5, 0.6) is 0 Å². The summed E-state index contributed by atoms with van der Waals surface area (Å²) < 4.78 is 5.00. The Morgan fingerprint density at radius 1 is 1.29 bits per heavy atom. The Morgan fingerprint density at radius 3 is 2.35 bits per heavy atom. The van der Waals surface area contributed by atoms with Gasteiger partial charge in [0.2, 0.25) is 0 Å². The van der Waals surface area contributed by atoms with Crippen molar-refractivity contribution in [1.82, 2.24) is 0 Å². The summed E-state index contributed by atoms with van der Waals surface area (Å²) in [6, 6.07) is 2.17. The molecule has 0 aliphatic heterocycles. The third-order valence-electron chi connectivity index (χ3n) is 6.97. The first kappa shape index (κ1) is 8.97. The predicted molar refractivity (Wildman–Crippen MR) is 57.2 cm³/mol. The lowest BCUT2D eigenvalue weighted by Gasteiger charge is -3.08. The zero-order valence-corrected chi connectivity index (χ0v) is 9.80. The summed E-state index contributed by atoms with van der Waals surface area (Å²) in [5.74, 6) is 6.13. The lowest BCUT2D eigenvalue weighted by molar-refractivity contribution is -0.616. The van der Waals surface area contributed by atoms with E-state index in [0.29, 0.717) is 12.0 Å². The van der Waals surface area contributed by atoms with Crippen LogP contribution < -0.4 is 0 Å². The van der Waals surface area contributed by atoms with Crippen LogP contribution in [0.3, 0.4) is 0 Å². The number of ether oxygens (including phenoxy) is 1. The van der Waals surface area contributed by atoms with Gasteiger partial charge in [-0.15, -0.1) is 0 Å². The number of nitriles is 1.